The Kier molecular flexibility index (Phi) is 1.59. The van der Waals surface area contributed by atoms with E-state index in [1.54, 1.807) is 0 Å². The lowest BCUT2D eigenvalue weighted by atomic mass is 10.1. The Morgan fingerprint density at radius 3 is 2.76 bits per heavy atom. The molecule has 0 aliphatic rings. The first kappa shape index (κ1) is 8.76. The molecule has 2 heteroatoms. The summed E-state index contributed by atoms with van der Waals surface area (Å²) in [4.78, 5) is 4.51. The molecule has 3 heterocycles. The van der Waals surface area contributed by atoms with E-state index in [0.717, 1.165) is 5.52 Å². The average Bonchev–Trinajstić information content (AvgIpc) is 2.78. The topological polar surface area (TPSA) is 17.3 Å². The van der Waals surface area contributed by atoms with Gasteiger partial charge in [-0.25, -0.2) is 0 Å². The minimum Gasteiger partial charge on any atom is -0.315 e. The standard InChI is InChI=1S/C15H10N2/c1-2-7-14-12(6-1)13-9-11-5-3-4-8-17(11)15(13)10-16-14/h1-10H. The molecule has 17 heavy (non-hydrogen) atoms. The maximum atomic E-state index is 4.51. The first-order chi connectivity index (χ1) is 8.43. The number of benzene rings is 1. The molecular formula is C15H10N2. The predicted octanol–water partition coefficient (Wildman–Crippen LogP) is 3.64. The molecule has 4 rings (SSSR count). The second-order valence-electron chi connectivity index (χ2n) is 4.21. The SMILES string of the molecule is c1ccc2c(c1)ncc1c2cc2ccccn21. The quantitative estimate of drug-likeness (QED) is 0.440. The van der Waals surface area contributed by atoms with Crippen LogP contribution in [0, 0.1) is 0 Å². The van der Waals surface area contributed by atoms with Crippen molar-refractivity contribution in [3.05, 3.63) is 60.9 Å². The van der Waals surface area contributed by atoms with E-state index in [-0.39, 0.29) is 0 Å². The molecule has 2 nitrogen and oxygen atoms in total. The molecule has 1 aromatic carbocycles. The molecule has 80 valence electrons. The van der Waals surface area contributed by atoms with Gasteiger partial charge < -0.3 is 4.40 Å². The molecular weight excluding hydrogens is 208 g/mol. The van der Waals surface area contributed by atoms with Gasteiger partial charge in [0.1, 0.15) is 0 Å². The minimum atomic E-state index is 1.05. The van der Waals surface area contributed by atoms with E-state index in [1.165, 1.54) is 21.8 Å². The van der Waals surface area contributed by atoms with Crippen LogP contribution in [0.25, 0.3) is 27.3 Å². The molecule has 0 atom stereocenters. The zero-order valence-electron chi connectivity index (χ0n) is 9.17. The van der Waals surface area contributed by atoms with Crippen molar-refractivity contribution >= 4 is 27.3 Å². The van der Waals surface area contributed by atoms with Crippen LogP contribution in [0.1, 0.15) is 0 Å². The van der Waals surface area contributed by atoms with Crippen LogP contribution in [0.5, 0.6) is 0 Å². The zero-order valence-corrected chi connectivity index (χ0v) is 9.17. The van der Waals surface area contributed by atoms with Gasteiger partial charge in [-0.2, -0.15) is 0 Å². The van der Waals surface area contributed by atoms with Gasteiger partial charge in [-0.15, -0.1) is 0 Å². The Bertz CT molecular complexity index is 843. The highest BCUT2D eigenvalue weighted by Crippen LogP contribution is 2.26. The molecule has 0 fully saturated rings. The number of hydrogen-bond acceptors (Lipinski definition) is 1. The Morgan fingerprint density at radius 1 is 0.882 bits per heavy atom. The number of aromatic nitrogens is 2. The van der Waals surface area contributed by atoms with Crippen molar-refractivity contribution in [1.29, 1.82) is 0 Å². The van der Waals surface area contributed by atoms with Crippen LogP contribution in [0.3, 0.4) is 0 Å². The van der Waals surface area contributed by atoms with Crippen LogP contribution in [0.2, 0.25) is 0 Å². The lowest BCUT2D eigenvalue weighted by Crippen LogP contribution is -1.83. The van der Waals surface area contributed by atoms with Crippen LogP contribution >= 0.6 is 0 Å². The van der Waals surface area contributed by atoms with Crippen LogP contribution in [-0.4, -0.2) is 9.38 Å². The molecule has 4 aromatic rings. The number of para-hydroxylation sites is 1. The number of rotatable bonds is 0. The summed E-state index contributed by atoms with van der Waals surface area (Å²) < 4.78 is 2.18. The molecule has 0 saturated carbocycles. The van der Waals surface area contributed by atoms with Gasteiger partial charge in [0, 0.05) is 22.5 Å². The summed E-state index contributed by atoms with van der Waals surface area (Å²) in [7, 11) is 0. The highest BCUT2D eigenvalue weighted by molar-refractivity contribution is 6.06. The van der Waals surface area contributed by atoms with Crippen LogP contribution in [-0.2, 0) is 0 Å². The Balaban J connectivity index is 2.34. The van der Waals surface area contributed by atoms with Gasteiger partial charge in [-0.05, 0) is 24.3 Å². The Hall–Kier alpha value is -2.35. The fourth-order valence-electron chi connectivity index (χ4n) is 2.44. The molecule has 0 N–H and O–H groups in total. The fraction of sp³-hybridized carbons (Fsp3) is 0. The van der Waals surface area contributed by atoms with E-state index in [9.17, 15) is 0 Å². The largest absolute Gasteiger partial charge is 0.315 e. The number of pyridine rings is 2. The monoisotopic (exact) mass is 218 g/mol. The highest BCUT2D eigenvalue weighted by atomic mass is 14.9. The van der Waals surface area contributed by atoms with Crippen LogP contribution in [0.15, 0.2) is 60.9 Å². The van der Waals surface area contributed by atoms with E-state index in [2.05, 4.69) is 52.0 Å². The second kappa shape index (κ2) is 3.08. The summed E-state index contributed by atoms with van der Waals surface area (Å²) in [6.45, 7) is 0. The van der Waals surface area contributed by atoms with Gasteiger partial charge in [-0.1, -0.05) is 24.3 Å². The van der Waals surface area contributed by atoms with Gasteiger partial charge in [0.15, 0.2) is 0 Å². The van der Waals surface area contributed by atoms with Gasteiger partial charge in [0.2, 0.25) is 0 Å². The molecule has 0 spiro atoms. The number of hydrogen-bond donors (Lipinski definition) is 0. The summed E-state index contributed by atoms with van der Waals surface area (Å²) in [6, 6.07) is 16.7. The molecule has 0 unspecified atom stereocenters. The molecule has 3 aromatic heterocycles. The average molecular weight is 218 g/mol. The summed E-state index contributed by atoms with van der Waals surface area (Å²) in [6.07, 6.45) is 4.03. The third-order valence-corrected chi connectivity index (χ3v) is 3.24. The van der Waals surface area contributed by atoms with Gasteiger partial charge in [0.25, 0.3) is 0 Å². The van der Waals surface area contributed by atoms with Gasteiger partial charge in [-0.3, -0.25) is 4.98 Å². The van der Waals surface area contributed by atoms with Crippen molar-refractivity contribution in [3.8, 4) is 0 Å². The Morgan fingerprint density at radius 2 is 1.76 bits per heavy atom. The first-order valence-corrected chi connectivity index (χ1v) is 5.67. The van der Waals surface area contributed by atoms with Crippen molar-refractivity contribution in [2.24, 2.45) is 0 Å². The molecule has 0 aliphatic heterocycles. The van der Waals surface area contributed by atoms with E-state index < -0.39 is 0 Å². The van der Waals surface area contributed by atoms with Crippen LogP contribution in [0.4, 0.5) is 0 Å². The van der Waals surface area contributed by atoms with Crippen LogP contribution < -0.4 is 0 Å². The summed E-state index contributed by atoms with van der Waals surface area (Å²) in [5.41, 5.74) is 3.43. The molecule has 0 bridgehead atoms. The molecule has 0 saturated heterocycles. The van der Waals surface area contributed by atoms with Crippen molar-refractivity contribution < 1.29 is 0 Å². The van der Waals surface area contributed by atoms with Gasteiger partial charge in [0.05, 0.1) is 17.2 Å². The van der Waals surface area contributed by atoms with Crippen molar-refractivity contribution in [2.75, 3.05) is 0 Å². The van der Waals surface area contributed by atoms with E-state index in [4.69, 9.17) is 0 Å². The Labute approximate surface area is 98.1 Å². The summed E-state index contributed by atoms with van der Waals surface area (Å²) in [5, 5.41) is 2.48. The normalized spacial score (nSPS) is 11.5. The van der Waals surface area contributed by atoms with Crippen molar-refractivity contribution in [3.63, 3.8) is 0 Å². The van der Waals surface area contributed by atoms with Crippen molar-refractivity contribution in [2.45, 2.75) is 0 Å². The third kappa shape index (κ3) is 1.12. The molecule has 0 amide bonds. The molecule has 0 aliphatic carbocycles. The summed E-state index contributed by atoms with van der Waals surface area (Å²) in [5.74, 6) is 0. The second-order valence-corrected chi connectivity index (χ2v) is 4.21. The predicted molar refractivity (Wildman–Crippen MR) is 70.2 cm³/mol. The number of fused-ring (bicyclic) bond motifs is 5. The van der Waals surface area contributed by atoms with E-state index in [0.29, 0.717) is 0 Å². The van der Waals surface area contributed by atoms with E-state index in [1.807, 2.05) is 18.3 Å². The minimum absolute atomic E-state index is 1.05. The van der Waals surface area contributed by atoms with Gasteiger partial charge >= 0.3 is 0 Å². The smallest absolute Gasteiger partial charge is 0.0719 e. The van der Waals surface area contributed by atoms with Crippen molar-refractivity contribution in [1.82, 2.24) is 9.38 Å². The highest BCUT2D eigenvalue weighted by Gasteiger charge is 2.05. The maximum absolute atomic E-state index is 4.51. The fourth-order valence-corrected chi connectivity index (χ4v) is 2.44. The first-order valence-electron chi connectivity index (χ1n) is 5.67. The van der Waals surface area contributed by atoms with E-state index >= 15 is 0 Å². The maximum Gasteiger partial charge on any atom is 0.0719 e. The number of nitrogens with zero attached hydrogens (tertiary/aromatic N) is 2. The molecule has 0 radical (unpaired) electrons. The lowest BCUT2D eigenvalue weighted by molar-refractivity contribution is 1.24. The zero-order chi connectivity index (χ0) is 11.2. The summed E-state index contributed by atoms with van der Waals surface area (Å²) >= 11 is 0. The lowest BCUT2D eigenvalue weighted by Gasteiger charge is -1.99. The third-order valence-electron chi connectivity index (χ3n) is 3.24.